The molecule has 0 amide bonds. The van der Waals surface area contributed by atoms with Gasteiger partial charge in [0, 0.05) is 41.9 Å². The molecule has 0 N–H and O–H groups in total. The lowest BCUT2D eigenvalue weighted by Crippen LogP contribution is -2.19. The first-order valence-corrected chi connectivity index (χ1v) is 13.5. The normalized spacial score (nSPS) is 11.2. The van der Waals surface area contributed by atoms with Crippen LogP contribution in [0.5, 0.6) is 0 Å². The van der Waals surface area contributed by atoms with E-state index in [1.807, 2.05) is 79.4 Å². The molecule has 7 nitrogen and oxygen atoms in total. The lowest BCUT2D eigenvalue weighted by Gasteiger charge is -2.21. The number of nitrogens with zero attached hydrogens (tertiary/aromatic N) is 3. The van der Waals surface area contributed by atoms with Crippen LogP contribution in [0, 0.1) is 21.8 Å². The van der Waals surface area contributed by atoms with Gasteiger partial charge in [-0.25, -0.2) is 0 Å². The van der Waals surface area contributed by atoms with Crippen molar-refractivity contribution in [3.05, 3.63) is 95.0 Å². The Balaban J connectivity index is 2.36. The first-order valence-electron chi connectivity index (χ1n) is 10.3. The fourth-order valence-electron chi connectivity index (χ4n) is 3.15. The molecule has 0 unspecified atom stereocenters. The van der Waals surface area contributed by atoms with Crippen LogP contribution in [-0.4, -0.2) is 31.3 Å². The second-order valence-electron chi connectivity index (χ2n) is 7.01. The molecule has 0 atom stereocenters. The van der Waals surface area contributed by atoms with Crippen LogP contribution in [0.1, 0.15) is 13.8 Å². The van der Waals surface area contributed by atoms with Crippen molar-refractivity contribution in [3.63, 3.8) is 0 Å². The molecule has 9 heteroatoms. The van der Waals surface area contributed by atoms with E-state index in [0.29, 0.717) is 23.7 Å². The minimum absolute atomic E-state index is 0.117. The number of hydrogen-bond acceptors (Lipinski definition) is 5. The lowest BCUT2D eigenvalue weighted by atomic mass is 10.3. The highest BCUT2D eigenvalue weighted by Gasteiger charge is 2.28. The van der Waals surface area contributed by atoms with Gasteiger partial charge in [-0.05, 0) is 31.6 Å². The smallest absolute Gasteiger partial charge is 0.282 e. The summed E-state index contributed by atoms with van der Waals surface area (Å²) in [6, 6.07) is 26.3. The van der Waals surface area contributed by atoms with E-state index in [1.54, 1.807) is 0 Å². The zero-order valence-electron chi connectivity index (χ0n) is 18.3. The van der Waals surface area contributed by atoms with Crippen LogP contribution in [0.3, 0.4) is 0 Å². The molecule has 3 rings (SSSR count). The Morgan fingerprint density at radius 2 is 1.36 bits per heavy atom. The van der Waals surface area contributed by atoms with Gasteiger partial charge in [-0.3, -0.25) is 10.1 Å². The average Bonchev–Trinajstić information content (AvgIpc) is 2.85. The van der Waals surface area contributed by atoms with Crippen molar-refractivity contribution < 1.29 is 13.3 Å². The highest BCUT2D eigenvalue weighted by molar-refractivity contribution is 7.98. The van der Waals surface area contributed by atoms with Gasteiger partial charge in [0.15, 0.2) is 0 Å². The monoisotopic (exact) mass is 481 g/mol. The third kappa shape index (κ3) is 5.51. The molecule has 33 heavy (non-hydrogen) atoms. The minimum atomic E-state index is -4.19. The van der Waals surface area contributed by atoms with Gasteiger partial charge < -0.3 is 4.90 Å². The summed E-state index contributed by atoms with van der Waals surface area (Å²) in [5.41, 5.74) is 3.06. The highest BCUT2D eigenvalue weighted by atomic mass is 32.2. The Morgan fingerprint density at radius 3 is 1.79 bits per heavy atom. The van der Waals surface area contributed by atoms with Gasteiger partial charge in [-0.2, -0.15) is 12.6 Å². The Kier molecular flexibility index (Phi) is 7.70. The summed E-state index contributed by atoms with van der Waals surface area (Å²) in [5.74, 6) is 0. The largest absolute Gasteiger partial charge is 0.333 e. The number of hydrogen-bond donors (Lipinski definition) is 0. The summed E-state index contributed by atoms with van der Waals surface area (Å²) in [5, 5.41) is 12.4. The van der Waals surface area contributed by atoms with Crippen molar-refractivity contribution in [2.24, 2.45) is 4.15 Å². The van der Waals surface area contributed by atoms with Crippen LogP contribution >= 0.6 is 7.05 Å². The van der Waals surface area contributed by atoms with Crippen molar-refractivity contribution in [1.29, 1.82) is 0 Å². The van der Waals surface area contributed by atoms with Crippen molar-refractivity contribution in [3.8, 4) is 11.7 Å². The molecule has 0 heterocycles. The van der Waals surface area contributed by atoms with E-state index in [9.17, 15) is 18.5 Å². The zero-order chi connectivity index (χ0) is 23.9. The molecule has 0 aliphatic carbocycles. The third-order valence-electron chi connectivity index (χ3n) is 4.97. The summed E-state index contributed by atoms with van der Waals surface area (Å²) in [6.07, 6.45) is 0. The average molecular weight is 482 g/mol. The van der Waals surface area contributed by atoms with Crippen LogP contribution in [0.4, 0.5) is 5.69 Å². The second-order valence-corrected chi connectivity index (χ2v) is 11.6. The molecule has 0 aromatic heterocycles. The summed E-state index contributed by atoms with van der Waals surface area (Å²) >= 11 is 0. The lowest BCUT2D eigenvalue weighted by molar-refractivity contribution is -0.384. The Labute approximate surface area is 194 Å². The Bertz CT molecular complexity index is 1280. The molecule has 0 bridgehead atoms. The second kappa shape index (κ2) is 10.5. The maximum absolute atomic E-state index is 13.5. The SMILES string of the molecule is CCN(C#CP(=NS(=O)(=O)c1ccc([N+](=O)[O-])cc1)(c1ccccc1)c1ccccc1)CC. The van der Waals surface area contributed by atoms with E-state index in [-0.39, 0.29) is 10.6 Å². The quantitative estimate of drug-likeness (QED) is 0.164. The van der Waals surface area contributed by atoms with Crippen LogP contribution in [0.15, 0.2) is 94.0 Å². The van der Waals surface area contributed by atoms with E-state index < -0.39 is 22.0 Å². The van der Waals surface area contributed by atoms with Crippen molar-refractivity contribution >= 4 is 33.4 Å². The number of nitro groups is 1. The van der Waals surface area contributed by atoms with Crippen molar-refractivity contribution in [1.82, 2.24) is 4.90 Å². The van der Waals surface area contributed by atoms with Gasteiger partial charge in [0.1, 0.15) is 7.05 Å². The zero-order valence-corrected chi connectivity index (χ0v) is 20.0. The minimum Gasteiger partial charge on any atom is -0.333 e. The molecule has 0 fully saturated rings. The summed E-state index contributed by atoms with van der Waals surface area (Å²) in [6.45, 7) is 5.33. The predicted octanol–water partition coefficient (Wildman–Crippen LogP) is 4.40. The third-order valence-corrected chi connectivity index (χ3v) is 10.2. The van der Waals surface area contributed by atoms with E-state index in [2.05, 4.69) is 15.9 Å². The maximum Gasteiger partial charge on any atom is 0.282 e. The molecular formula is C24H24N3O4PS. The van der Waals surface area contributed by atoms with Crippen molar-refractivity contribution in [2.45, 2.75) is 18.7 Å². The summed E-state index contributed by atoms with van der Waals surface area (Å²) in [7, 11) is -7.29. The van der Waals surface area contributed by atoms with Crippen LogP contribution in [0.25, 0.3) is 0 Å². The molecule has 170 valence electrons. The number of benzene rings is 3. The molecule has 3 aromatic rings. The van der Waals surface area contributed by atoms with E-state index >= 15 is 0 Å². The molecule has 0 saturated carbocycles. The molecular weight excluding hydrogens is 457 g/mol. The number of non-ortho nitro benzene ring substituents is 1. The first-order chi connectivity index (χ1) is 15.8. The first kappa shape index (κ1) is 24.2. The van der Waals surface area contributed by atoms with Crippen LogP contribution < -0.4 is 10.6 Å². The number of rotatable bonds is 7. The van der Waals surface area contributed by atoms with Gasteiger partial charge in [0.2, 0.25) is 0 Å². The van der Waals surface area contributed by atoms with E-state index in [1.165, 1.54) is 12.1 Å². The maximum atomic E-state index is 13.5. The number of nitro benzene ring substituents is 1. The molecule has 0 radical (unpaired) electrons. The Morgan fingerprint density at radius 1 is 0.879 bits per heavy atom. The highest BCUT2D eigenvalue weighted by Crippen LogP contribution is 2.48. The van der Waals surface area contributed by atoms with Crippen LogP contribution in [-0.2, 0) is 10.0 Å². The molecule has 0 saturated heterocycles. The molecule has 0 aliphatic rings. The van der Waals surface area contributed by atoms with Gasteiger partial charge in [0.25, 0.3) is 15.7 Å². The summed E-state index contributed by atoms with van der Waals surface area (Å²) in [4.78, 5) is 12.2. The topological polar surface area (TPSA) is 92.9 Å². The standard InChI is InChI=1S/C24H24N3O4PS/c1-3-26(4-2)19-20-32(22-11-7-5-8-12-22,23-13-9-6-10-14-23)25-33(30,31)24-17-15-21(16-18-24)27(28)29/h5-18H,3-4H2,1-2H3. The van der Waals surface area contributed by atoms with Gasteiger partial charge in [-0.15, -0.1) is 0 Å². The van der Waals surface area contributed by atoms with Gasteiger partial charge in [0.05, 0.1) is 9.82 Å². The molecule has 0 aliphatic heterocycles. The van der Waals surface area contributed by atoms with E-state index in [4.69, 9.17) is 0 Å². The summed E-state index contributed by atoms with van der Waals surface area (Å²) < 4.78 is 31.4. The predicted molar refractivity (Wildman–Crippen MR) is 132 cm³/mol. The fraction of sp³-hybridized carbons (Fsp3) is 0.167. The van der Waals surface area contributed by atoms with Gasteiger partial charge in [-0.1, -0.05) is 60.7 Å². The molecule has 3 aromatic carbocycles. The Hall–Kier alpha value is -3.40. The van der Waals surface area contributed by atoms with Gasteiger partial charge >= 0.3 is 0 Å². The number of sulfonamides is 1. The van der Waals surface area contributed by atoms with Crippen LogP contribution in [0.2, 0.25) is 0 Å². The van der Waals surface area contributed by atoms with E-state index in [0.717, 1.165) is 12.1 Å². The fourth-order valence-corrected chi connectivity index (χ4v) is 8.27. The van der Waals surface area contributed by atoms with Crippen molar-refractivity contribution in [2.75, 3.05) is 13.1 Å². The molecule has 0 spiro atoms.